The lowest BCUT2D eigenvalue weighted by Crippen LogP contribution is -2.27. The van der Waals surface area contributed by atoms with Crippen molar-refractivity contribution in [2.75, 3.05) is 18.5 Å². The van der Waals surface area contributed by atoms with Gasteiger partial charge in [-0.05, 0) is 18.8 Å². The van der Waals surface area contributed by atoms with Crippen LogP contribution in [0, 0.1) is 5.92 Å². The molecule has 0 radical (unpaired) electrons. The van der Waals surface area contributed by atoms with E-state index in [1.165, 1.54) is 32.1 Å². The highest BCUT2D eigenvalue weighted by Crippen LogP contribution is 2.25. The molecular weight excluding hydrogens is 234 g/mol. The zero-order chi connectivity index (χ0) is 12.1. The van der Waals surface area contributed by atoms with Crippen molar-refractivity contribution in [2.45, 2.75) is 38.0 Å². The van der Waals surface area contributed by atoms with Crippen LogP contribution in [0.15, 0.2) is 12.4 Å². The molecule has 1 aromatic heterocycles. The summed E-state index contributed by atoms with van der Waals surface area (Å²) in [4.78, 5) is 10.9. The number of halogens is 1. The molecule has 1 aliphatic carbocycles. The summed E-state index contributed by atoms with van der Waals surface area (Å²) < 4.78 is 0. The molecule has 4 heteroatoms. The Morgan fingerprint density at radius 2 is 2.06 bits per heavy atom. The van der Waals surface area contributed by atoms with Gasteiger partial charge >= 0.3 is 0 Å². The van der Waals surface area contributed by atoms with Gasteiger partial charge in [-0.15, -0.1) is 11.6 Å². The molecule has 0 atom stereocenters. The number of hydrogen-bond donors (Lipinski definition) is 0. The number of rotatable bonds is 4. The van der Waals surface area contributed by atoms with Crippen LogP contribution in [0.1, 0.15) is 37.8 Å². The van der Waals surface area contributed by atoms with Crippen LogP contribution in [0.25, 0.3) is 0 Å². The fourth-order valence-corrected chi connectivity index (χ4v) is 2.62. The van der Waals surface area contributed by atoms with Gasteiger partial charge in [0.1, 0.15) is 5.82 Å². The minimum absolute atomic E-state index is 0.429. The van der Waals surface area contributed by atoms with E-state index < -0.39 is 0 Å². The average molecular weight is 254 g/mol. The molecule has 1 fully saturated rings. The van der Waals surface area contributed by atoms with Gasteiger partial charge in [0.25, 0.3) is 0 Å². The van der Waals surface area contributed by atoms with Crippen molar-refractivity contribution in [3.63, 3.8) is 0 Å². The Kier molecular flexibility index (Phi) is 4.60. The lowest BCUT2D eigenvalue weighted by atomic mass is 9.89. The quantitative estimate of drug-likeness (QED) is 0.772. The summed E-state index contributed by atoms with van der Waals surface area (Å²) in [5, 5.41) is 0. The molecule has 0 unspecified atom stereocenters. The number of hydrogen-bond acceptors (Lipinski definition) is 3. The molecule has 1 saturated carbocycles. The summed E-state index contributed by atoms with van der Waals surface area (Å²) in [6.45, 7) is 1.08. The maximum atomic E-state index is 5.77. The van der Waals surface area contributed by atoms with Crippen molar-refractivity contribution in [1.82, 2.24) is 9.97 Å². The highest BCUT2D eigenvalue weighted by Gasteiger charge is 2.16. The van der Waals surface area contributed by atoms with E-state index in [-0.39, 0.29) is 0 Å². The number of anilines is 1. The van der Waals surface area contributed by atoms with Crippen LogP contribution < -0.4 is 4.90 Å². The molecule has 94 valence electrons. The van der Waals surface area contributed by atoms with E-state index in [2.05, 4.69) is 21.9 Å². The van der Waals surface area contributed by atoms with E-state index >= 15 is 0 Å². The smallest absolute Gasteiger partial charge is 0.147 e. The van der Waals surface area contributed by atoms with Gasteiger partial charge in [0, 0.05) is 19.8 Å². The van der Waals surface area contributed by atoms with Gasteiger partial charge in [0.05, 0.1) is 17.8 Å². The van der Waals surface area contributed by atoms with Crippen LogP contribution >= 0.6 is 11.6 Å². The van der Waals surface area contributed by atoms with E-state index in [0.29, 0.717) is 5.88 Å². The van der Waals surface area contributed by atoms with Crippen molar-refractivity contribution < 1.29 is 0 Å². The minimum Gasteiger partial charge on any atom is -0.358 e. The maximum Gasteiger partial charge on any atom is 0.147 e. The van der Waals surface area contributed by atoms with Gasteiger partial charge in [-0.1, -0.05) is 19.3 Å². The molecular formula is C13H20ClN3. The van der Waals surface area contributed by atoms with Crippen molar-refractivity contribution in [1.29, 1.82) is 0 Å². The minimum atomic E-state index is 0.429. The zero-order valence-electron chi connectivity index (χ0n) is 10.4. The molecule has 1 heterocycles. The Morgan fingerprint density at radius 1 is 1.29 bits per heavy atom. The van der Waals surface area contributed by atoms with Crippen LogP contribution in [0.3, 0.4) is 0 Å². The predicted octanol–water partition coefficient (Wildman–Crippen LogP) is 3.23. The Labute approximate surface area is 108 Å². The summed E-state index contributed by atoms with van der Waals surface area (Å²) in [6.07, 6.45) is 10.4. The molecule has 0 N–H and O–H groups in total. The van der Waals surface area contributed by atoms with Crippen molar-refractivity contribution in [2.24, 2.45) is 5.92 Å². The van der Waals surface area contributed by atoms with E-state index in [9.17, 15) is 0 Å². The Morgan fingerprint density at radius 3 is 2.76 bits per heavy atom. The topological polar surface area (TPSA) is 29.0 Å². The normalized spacial score (nSPS) is 17.1. The SMILES string of the molecule is CN(CC1CCCCC1)c1cncc(CCl)n1. The fourth-order valence-electron chi connectivity index (χ4n) is 2.49. The second-order valence-electron chi connectivity index (χ2n) is 4.89. The Bertz CT molecular complexity index is 350. The van der Waals surface area contributed by atoms with Crippen molar-refractivity contribution in [3.05, 3.63) is 18.1 Å². The third-order valence-corrected chi connectivity index (χ3v) is 3.73. The second kappa shape index (κ2) is 6.20. The summed E-state index contributed by atoms with van der Waals surface area (Å²) in [6, 6.07) is 0. The predicted molar refractivity (Wildman–Crippen MR) is 71.4 cm³/mol. The fraction of sp³-hybridized carbons (Fsp3) is 0.692. The summed E-state index contributed by atoms with van der Waals surface area (Å²) in [7, 11) is 2.09. The van der Waals surface area contributed by atoms with Crippen LogP contribution in [0.4, 0.5) is 5.82 Å². The maximum absolute atomic E-state index is 5.77. The number of alkyl halides is 1. The first-order valence-electron chi connectivity index (χ1n) is 6.37. The van der Waals surface area contributed by atoms with Gasteiger partial charge in [0.15, 0.2) is 0 Å². The molecule has 17 heavy (non-hydrogen) atoms. The molecule has 0 aliphatic heterocycles. The average Bonchev–Trinajstić information content (AvgIpc) is 2.40. The van der Waals surface area contributed by atoms with Gasteiger partial charge in [-0.2, -0.15) is 0 Å². The third kappa shape index (κ3) is 3.56. The van der Waals surface area contributed by atoms with Gasteiger partial charge in [-0.3, -0.25) is 4.98 Å². The molecule has 0 bridgehead atoms. The second-order valence-corrected chi connectivity index (χ2v) is 5.15. The molecule has 1 aliphatic rings. The first-order chi connectivity index (χ1) is 8.29. The van der Waals surface area contributed by atoms with Crippen LogP contribution in [0.5, 0.6) is 0 Å². The Hall–Kier alpha value is -0.830. The van der Waals surface area contributed by atoms with E-state index in [1.54, 1.807) is 6.20 Å². The van der Waals surface area contributed by atoms with Crippen LogP contribution in [-0.4, -0.2) is 23.6 Å². The zero-order valence-corrected chi connectivity index (χ0v) is 11.2. The number of nitrogens with zero attached hydrogens (tertiary/aromatic N) is 3. The van der Waals surface area contributed by atoms with Crippen LogP contribution in [0.2, 0.25) is 0 Å². The Balaban J connectivity index is 1.95. The van der Waals surface area contributed by atoms with Crippen LogP contribution in [-0.2, 0) is 5.88 Å². The van der Waals surface area contributed by atoms with Crippen molar-refractivity contribution in [3.8, 4) is 0 Å². The summed E-state index contributed by atoms with van der Waals surface area (Å²) in [5.41, 5.74) is 0.847. The summed E-state index contributed by atoms with van der Waals surface area (Å²) in [5.74, 6) is 2.18. The highest BCUT2D eigenvalue weighted by molar-refractivity contribution is 6.16. The molecule has 0 amide bonds. The monoisotopic (exact) mass is 253 g/mol. The first kappa shape index (κ1) is 12.6. The number of aromatic nitrogens is 2. The van der Waals surface area contributed by atoms with Gasteiger partial charge in [-0.25, -0.2) is 4.98 Å². The largest absolute Gasteiger partial charge is 0.358 e. The highest BCUT2D eigenvalue weighted by atomic mass is 35.5. The first-order valence-corrected chi connectivity index (χ1v) is 6.91. The third-order valence-electron chi connectivity index (χ3n) is 3.46. The standard InChI is InChI=1S/C13H20ClN3/c1-17(10-11-5-3-2-4-6-11)13-9-15-8-12(7-14)16-13/h8-9,11H,2-7,10H2,1H3. The van der Waals surface area contributed by atoms with Gasteiger partial charge in [0.2, 0.25) is 0 Å². The molecule has 2 rings (SSSR count). The lowest BCUT2D eigenvalue weighted by Gasteiger charge is -2.27. The van der Waals surface area contributed by atoms with E-state index in [4.69, 9.17) is 11.6 Å². The molecule has 0 aromatic carbocycles. The molecule has 1 aromatic rings. The van der Waals surface area contributed by atoms with Gasteiger partial charge < -0.3 is 4.90 Å². The molecule has 0 spiro atoms. The molecule has 0 saturated heterocycles. The lowest BCUT2D eigenvalue weighted by molar-refractivity contribution is 0.361. The summed E-state index contributed by atoms with van der Waals surface area (Å²) >= 11 is 5.77. The van der Waals surface area contributed by atoms with E-state index in [1.807, 2.05) is 6.20 Å². The van der Waals surface area contributed by atoms with E-state index in [0.717, 1.165) is 24.0 Å². The van der Waals surface area contributed by atoms with Crippen molar-refractivity contribution >= 4 is 17.4 Å². The molecule has 3 nitrogen and oxygen atoms in total.